The standard InChI is InChI=1S/C20H9Cl2F2N3O3/c21-11-4-14-18(28)10(7-30-20(14)15(22)5-11)3-17(27-8-25-26-9-27)19(29)13-2-1-12(23)6-16(13)24/h1-9H/b17-3-. The van der Waals surface area contributed by atoms with E-state index in [2.05, 4.69) is 10.2 Å². The van der Waals surface area contributed by atoms with E-state index in [0.717, 1.165) is 18.4 Å². The molecular weight excluding hydrogens is 439 g/mol. The first-order valence-corrected chi connectivity index (χ1v) is 9.08. The number of allylic oxidation sites excluding steroid dienone is 1. The molecule has 4 rings (SSSR count). The van der Waals surface area contributed by atoms with Gasteiger partial charge in [-0.25, -0.2) is 8.78 Å². The van der Waals surface area contributed by atoms with Gasteiger partial charge in [0.15, 0.2) is 11.0 Å². The predicted octanol–water partition coefficient (Wildman–Crippen LogP) is 4.85. The molecule has 150 valence electrons. The number of carbonyl (C=O) groups is 1. The molecule has 0 spiro atoms. The Morgan fingerprint density at radius 3 is 2.53 bits per heavy atom. The van der Waals surface area contributed by atoms with Crippen LogP contribution in [-0.2, 0) is 0 Å². The summed E-state index contributed by atoms with van der Waals surface area (Å²) in [4.78, 5) is 25.9. The van der Waals surface area contributed by atoms with Gasteiger partial charge in [-0.3, -0.25) is 14.2 Å². The molecule has 0 amide bonds. The maximum atomic E-state index is 14.2. The first kappa shape index (κ1) is 19.9. The molecule has 2 aromatic carbocycles. The summed E-state index contributed by atoms with van der Waals surface area (Å²) in [7, 11) is 0. The van der Waals surface area contributed by atoms with Gasteiger partial charge in [0.2, 0.25) is 5.78 Å². The molecule has 2 heterocycles. The molecule has 30 heavy (non-hydrogen) atoms. The zero-order chi connectivity index (χ0) is 21.4. The van der Waals surface area contributed by atoms with Crippen LogP contribution in [0.4, 0.5) is 8.78 Å². The SMILES string of the molecule is O=C(/C(=C/c1coc2c(Cl)cc(Cl)cc2c1=O)n1cnnc1)c1ccc(F)cc1F. The van der Waals surface area contributed by atoms with E-state index in [1.165, 1.54) is 35.4 Å². The first-order chi connectivity index (χ1) is 14.3. The van der Waals surface area contributed by atoms with Crippen molar-refractivity contribution in [1.29, 1.82) is 0 Å². The molecule has 6 nitrogen and oxygen atoms in total. The Hall–Kier alpha value is -3.36. The Morgan fingerprint density at radius 1 is 1.10 bits per heavy atom. The Morgan fingerprint density at radius 2 is 1.83 bits per heavy atom. The van der Waals surface area contributed by atoms with Gasteiger partial charge < -0.3 is 4.42 Å². The van der Waals surface area contributed by atoms with Crippen LogP contribution in [0.25, 0.3) is 22.7 Å². The monoisotopic (exact) mass is 447 g/mol. The van der Waals surface area contributed by atoms with E-state index in [9.17, 15) is 18.4 Å². The highest BCUT2D eigenvalue weighted by molar-refractivity contribution is 6.38. The second-order valence-corrected chi connectivity index (χ2v) is 6.98. The molecule has 0 N–H and O–H groups in total. The highest BCUT2D eigenvalue weighted by Crippen LogP contribution is 2.27. The number of carbonyl (C=O) groups excluding carboxylic acids is 1. The van der Waals surface area contributed by atoms with Crippen molar-refractivity contribution < 1.29 is 18.0 Å². The van der Waals surface area contributed by atoms with Crippen LogP contribution in [0.1, 0.15) is 15.9 Å². The minimum atomic E-state index is -1.05. The van der Waals surface area contributed by atoms with Crippen molar-refractivity contribution in [1.82, 2.24) is 14.8 Å². The van der Waals surface area contributed by atoms with Gasteiger partial charge in [-0.1, -0.05) is 23.2 Å². The predicted molar refractivity (Wildman–Crippen MR) is 107 cm³/mol. The third-order valence-corrected chi connectivity index (χ3v) is 4.72. The number of Topliss-reactive ketones (excluding diaryl/α,β-unsaturated/α-hetero) is 1. The molecule has 0 saturated heterocycles. The van der Waals surface area contributed by atoms with E-state index in [-0.39, 0.29) is 32.3 Å². The Kier molecular flexibility index (Phi) is 5.19. The summed E-state index contributed by atoms with van der Waals surface area (Å²) in [5.74, 6) is -2.71. The largest absolute Gasteiger partial charge is 0.462 e. The molecule has 0 unspecified atom stereocenters. The number of rotatable bonds is 4. The molecule has 0 bridgehead atoms. The van der Waals surface area contributed by atoms with Gasteiger partial charge in [0, 0.05) is 11.1 Å². The van der Waals surface area contributed by atoms with Gasteiger partial charge in [0.1, 0.15) is 30.6 Å². The van der Waals surface area contributed by atoms with Crippen LogP contribution >= 0.6 is 23.2 Å². The summed E-state index contributed by atoms with van der Waals surface area (Å²) in [6.45, 7) is 0. The van der Waals surface area contributed by atoms with E-state index in [1.807, 2.05) is 0 Å². The number of benzene rings is 2. The number of halogens is 4. The number of nitrogens with zero attached hydrogens (tertiary/aromatic N) is 3. The Balaban J connectivity index is 1.92. The van der Waals surface area contributed by atoms with Crippen molar-refractivity contribution in [2.45, 2.75) is 0 Å². The van der Waals surface area contributed by atoms with Crippen molar-refractivity contribution in [2.24, 2.45) is 0 Å². The molecule has 0 aliphatic rings. The van der Waals surface area contributed by atoms with Crippen LogP contribution in [0.2, 0.25) is 10.0 Å². The van der Waals surface area contributed by atoms with Gasteiger partial charge in [0.05, 0.1) is 27.2 Å². The fraction of sp³-hybridized carbons (Fsp3) is 0. The van der Waals surface area contributed by atoms with E-state index in [1.54, 1.807) is 0 Å². The second-order valence-electron chi connectivity index (χ2n) is 6.14. The third-order valence-electron chi connectivity index (χ3n) is 4.22. The lowest BCUT2D eigenvalue weighted by atomic mass is 10.0. The topological polar surface area (TPSA) is 78.0 Å². The molecule has 10 heteroatoms. The number of fused-ring (bicyclic) bond motifs is 1. The second kappa shape index (κ2) is 7.81. The Labute approximate surface area is 177 Å². The zero-order valence-electron chi connectivity index (χ0n) is 14.8. The number of aromatic nitrogens is 3. The van der Waals surface area contributed by atoms with Crippen molar-refractivity contribution in [3.05, 3.63) is 92.3 Å². The summed E-state index contributed by atoms with van der Waals surface area (Å²) in [6.07, 6.45) is 4.70. The van der Waals surface area contributed by atoms with E-state index in [4.69, 9.17) is 27.6 Å². The quantitative estimate of drug-likeness (QED) is 0.330. The molecule has 0 saturated carbocycles. The van der Waals surface area contributed by atoms with Crippen LogP contribution in [0.3, 0.4) is 0 Å². The minimum Gasteiger partial charge on any atom is -0.462 e. The van der Waals surface area contributed by atoms with Gasteiger partial charge in [-0.15, -0.1) is 10.2 Å². The zero-order valence-corrected chi connectivity index (χ0v) is 16.3. The number of ketones is 1. The highest BCUT2D eigenvalue weighted by Gasteiger charge is 2.20. The van der Waals surface area contributed by atoms with Crippen molar-refractivity contribution in [2.75, 3.05) is 0 Å². The smallest absolute Gasteiger partial charge is 0.212 e. The van der Waals surface area contributed by atoms with Gasteiger partial charge in [-0.05, 0) is 30.3 Å². The lowest BCUT2D eigenvalue weighted by Gasteiger charge is -2.09. The normalized spacial score (nSPS) is 11.8. The first-order valence-electron chi connectivity index (χ1n) is 8.32. The maximum absolute atomic E-state index is 14.2. The number of hydrogen-bond donors (Lipinski definition) is 0. The molecule has 0 fully saturated rings. The van der Waals surface area contributed by atoms with Gasteiger partial charge in [-0.2, -0.15) is 0 Å². The van der Waals surface area contributed by atoms with E-state index < -0.39 is 28.4 Å². The lowest BCUT2D eigenvalue weighted by molar-refractivity contribution is 0.104. The van der Waals surface area contributed by atoms with Crippen LogP contribution < -0.4 is 5.43 Å². The molecule has 0 aliphatic heterocycles. The molecule has 0 atom stereocenters. The van der Waals surface area contributed by atoms with Crippen LogP contribution in [0.15, 0.2) is 58.5 Å². The Bertz CT molecular complexity index is 1380. The van der Waals surface area contributed by atoms with Crippen LogP contribution in [-0.4, -0.2) is 20.5 Å². The van der Waals surface area contributed by atoms with Crippen molar-refractivity contribution >= 4 is 51.7 Å². The summed E-state index contributed by atoms with van der Waals surface area (Å²) in [6, 6.07) is 5.35. The fourth-order valence-corrected chi connectivity index (χ4v) is 3.36. The fourth-order valence-electron chi connectivity index (χ4n) is 2.82. The molecular formula is C20H9Cl2F2N3O3. The molecule has 0 radical (unpaired) electrons. The minimum absolute atomic E-state index is 0.0274. The van der Waals surface area contributed by atoms with Crippen LogP contribution in [0.5, 0.6) is 0 Å². The van der Waals surface area contributed by atoms with Crippen LogP contribution in [0, 0.1) is 11.6 Å². The molecule has 4 aromatic rings. The van der Waals surface area contributed by atoms with E-state index in [0.29, 0.717) is 6.07 Å². The molecule has 0 aliphatic carbocycles. The van der Waals surface area contributed by atoms with E-state index >= 15 is 0 Å². The summed E-state index contributed by atoms with van der Waals surface area (Å²) < 4.78 is 34.0. The lowest BCUT2D eigenvalue weighted by Crippen LogP contribution is -2.12. The van der Waals surface area contributed by atoms with Crippen molar-refractivity contribution in [3.63, 3.8) is 0 Å². The van der Waals surface area contributed by atoms with Crippen molar-refractivity contribution in [3.8, 4) is 0 Å². The van der Waals surface area contributed by atoms with Gasteiger partial charge in [0.25, 0.3) is 0 Å². The average Bonchev–Trinajstić information content (AvgIpc) is 3.22. The highest BCUT2D eigenvalue weighted by atomic mass is 35.5. The third kappa shape index (κ3) is 3.62. The average molecular weight is 448 g/mol. The molecule has 2 aromatic heterocycles. The summed E-state index contributed by atoms with van der Waals surface area (Å²) >= 11 is 12.0. The van der Waals surface area contributed by atoms with Gasteiger partial charge >= 0.3 is 0 Å². The summed E-state index contributed by atoms with van der Waals surface area (Å²) in [5.41, 5.74) is -0.970. The summed E-state index contributed by atoms with van der Waals surface area (Å²) in [5, 5.41) is 7.72. The number of hydrogen-bond acceptors (Lipinski definition) is 5. The maximum Gasteiger partial charge on any atom is 0.212 e.